The highest BCUT2D eigenvalue weighted by molar-refractivity contribution is 6.03. The van der Waals surface area contributed by atoms with Crippen LogP contribution in [0.5, 0.6) is 0 Å². The largest absolute Gasteiger partial charge is 0.490 e. The number of fused-ring (bicyclic) bond motifs is 2. The fraction of sp³-hybridized carbons (Fsp3) is 0.391. The summed E-state index contributed by atoms with van der Waals surface area (Å²) >= 11 is 0. The van der Waals surface area contributed by atoms with Crippen molar-refractivity contribution in [3.63, 3.8) is 0 Å². The van der Waals surface area contributed by atoms with Crippen LogP contribution in [0.4, 0.5) is 27.6 Å². The molecule has 0 atom stereocenters. The second-order valence-electron chi connectivity index (χ2n) is 9.13. The van der Waals surface area contributed by atoms with Crippen LogP contribution in [0.1, 0.15) is 53.6 Å². The summed E-state index contributed by atoms with van der Waals surface area (Å²) in [6, 6.07) is 6.34. The highest BCUT2D eigenvalue weighted by atomic mass is 19.4. The van der Waals surface area contributed by atoms with E-state index >= 15 is 0 Å². The normalized spacial score (nSPS) is 22.7. The Balaban J connectivity index is 0.000000384. The number of carboxylic acid groups (broad SMARTS) is 1. The van der Waals surface area contributed by atoms with Crippen LogP contribution in [0, 0.1) is 6.92 Å². The Morgan fingerprint density at radius 3 is 2.39 bits per heavy atom. The number of carbonyl (C=O) groups excluding carboxylic acids is 1. The van der Waals surface area contributed by atoms with Gasteiger partial charge < -0.3 is 19.6 Å². The smallest absolute Gasteiger partial charge is 0.475 e. The summed E-state index contributed by atoms with van der Waals surface area (Å²) in [6.45, 7) is 4.44. The van der Waals surface area contributed by atoms with Gasteiger partial charge in [-0.25, -0.2) is 23.5 Å². The number of aryl methyl sites for hydroxylation is 1. The third kappa shape index (κ3) is 4.87. The first-order valence-corrected chi connectivity index (χ1v) is 10.7. The van der Waals surface area contributed by atoms with Crippen LogP contribution in [0.25, 0.3) is 5.65 Å². The molecule has 1 saturated carbocycles. The third-order valence-corrected chi connectivity index (χ3v) is 6.14. The van der Waals surface area contributed by atoms with E-state index in [1.807, 2.05) is 6.20 Å². The molecular formula is C23H21F5N4O4. The van der Waals surface area contributed by atoms with E-state index in [1.54, 1.807) is 29.5 Å². The molecule has 2 aliphatic heterocycles. The molecule has 5 heterocycles. The molecule has 6 rings (SSSR count). The SMILES string of the molecule is Cc1cccc(C(=O)Nc2cn3cc(C45COC(C)(C4)C5)nc3cc2C(F)F)n1.O=C(O)C(F)(F)F. The molecule has 2 bridgehead atoms. The molecule has 0 aromatic carbocycles. The summed E-state index contributed by atoms with van der Waals surface area (Å²) in [5, 5.41) is 9.70. The number of halogens is 5. The van der Waals surface area contributed by atoms with Crippen molar-refractivity contribution in [1.82, 2.24) is 14.4 Å². The number of aliphatic carboxylic acids is 1. The quantitative estimate of drug-likeness (QED) is 0.492. The van der Waals surface area contributed by atoms with Crippen molar-refractivity contribution >= 4 is 23.2 Å². The number of nitrogens with zero attached hydrogens (tertiary/aromatic N) is 3. The number of imidazole rings is 1. The summed E-state index contributed by atoms with van der Waals surface area (Å²) < 4.78 is 66.6. The Hall–Kier alpha value is -3.61. The van der Waals surface area contributed by atoms with Crippen molar-refractivity contribution in [3.8, 4) is 0 Å². The molecule has 3 aliphatic rings. The Morgan fingerprint density at radius 1 is 1.19 bits per heavy atom. The lowest BCUT2D eigenvalue weighted by molar-refractivity contribution is -0.192. The lowest BCUT2D eigenvalue weighted by Gasteiger charge is -2.41. The van der Waals surface area contributed by atoms with E-state index in [0.717, 1.165) is 18.5 Å². The van der Waals surface area contributed by atoms with Crippen LogP contribution >= 0.6 is 0 Å². The third-order valence-electron chi connectivity index (χ3n) is 6.14. The minimum atomic E-state index is -5.08. The van der Waals surface area contributed by atoms with Crippen molar-refractivity contribution in [1.29, 1.82) is 0 Å². The molecule has 0 spiro atoms. The number of carboxylic acids is 1. The van der Waals surface area contributed by atoms with Crippen molar-refractivity contribution < 1.29 is 41.4 Å². The fourth-order valence-electron chi connectivity index (χ4n) is 4.60. The summed E-state index contributed by atoms with van der Waals surface area (Å²) in [4.78, 5) is 30.2. The lowest BCUT2D eigenvalue weighted by Crippen LogP contribution is -2.45. The van der Waals surface area contributed by atoms with Crippen molar-refractivity contribution in [2.24, 2.45) is 0 Å². The van der Waals surface area contributed by atoms with E-state index in [0.29, 0.717) is 17.9 Å². The predicted octanol–water partition coefficient (Wildman–Crippen LogP) is 4.68. The molecule has 2 saturated heterocycles. The standard InChI is InChI=1S/C21H20F2N4O2.C2HF3O2/c1-12-4-3-5-14(24-12)19(28)25-15-7-27-8-16(21-9-20(2,10-21)29-11-21)26-17(27)6-13(15)18(22)23;3-2(4,5)1(6)7/h3-8,18H,9-11H2,1-2H3,(H,25,28);(H,6,7). The lowest BCUT2D eigenvalue weighted by atomic mass is 9.62. The summed E-state index contributed by atoms with van der Waals surface area (Å²) in [5.74, 6) is -3.29. The van der Waals surface area contributed by atoms with E-state index in [1.165, 1.54) is 12.3 Å². The number of rotatable bonds is 4. The fourth-order valence-corrected chi connectivity index (χ4v) is 4.60. The number of pyridine rings is 2. The van der Waals surface area contributed by atoms with E-state index in [2.05, 4.69) is 22.2 Å². The molecule has 2 N–H and O–H groups in total. The van der Waals surface area contributed by atoms with E-state index in [-0.39, 0.29) is 28.0 Å². The first-order valence-electron chi connectivity index (χ1n) is 10.7. The molecule has 3 aromatic heterocycles. The average Bonchev–Trinajstić information content (AvgIpc) is 3.43. The van der Waals surface area contributed by atoms with Gasteiger partial charge >= 0.3 is 12.1 Å². The zero-order chi connectivity index (χ0) is 26.5. The molecule has 13 heteroatoms. The van der Waals surface area contributed by atoms with Gasteiger partial charge in [0.15, 0.2) is 0 Å². The van der Waals surface area contributed by atoms with Crippen molar-refractivity contribution in [3.05, 3.63) is 59.3 Å². The Labute approximate surface area is 201 Å². The van der Waals surface area contributed by atoms with Gasteiger partial charge in [0.25, 0.3) is 12.3 Å². The molecule has 192 valence electrons. The zero-order valence-electron chi connectivity index (χ0n) is 19.1. The van der Waals surface area contributed by atoms with Gasteiger partial charge in [0.05, 0.1) is 23.6 Å². The second-order valence-corrected chi connectivity index (χ2v) is 9.13. The van der Waals surface area contributed by atoms with Gasteiger partial charge in [-0.2, -0.15) is 13.2 Å². The molecule has 36 heavy (non-hydrogen) atoms. The Bertz CT molecular complexity index is 1330. The molecule has 0 radical (unpaired) electrons. The van der Waals surface area contributed by atoms with Gasteiger partial charge in [-0.15, -0.1) is 0 Å². The first-order chi connectivity index (χ1) is 16.7. The minimum absolute atomic E-state index is 0.0448. The zero-order valence-corrected chi connectivity index (χ0v) is 19.1. The van der Waals surface area contributed by atoms with Crippen molar-refractivity contribution in [2.45, 2.75) is 50.3 Å². The molecule has 0 unspecified atom stereocenters. The molecule has 3 aromatic rings. The molecule has 1 amide bonds. The predicted molar refractivity (Wildman–Crippen MR) is 116 cm³/mol. The summed E-state index contributed by atoms with van der Waals surface area (Å²) in [7, 11) is 0. The number of anilines is 1. The highest BCUT2D eigenvalue weighted by Crippen LogP contribution is 2.58. The summed E-state index contributed by atoms with van der Waals surface area (Å²) in [5.41, 5.74) is 1.66. The number of carbonyl (C=O) groups is 2. The van der Waals surface area contributed by atoms with E-state index in [4.69, 9.17) is 14.6 Å². The van der Waals surface area contributed by atoms with E-state index in [9.17, 15) is 26.7 Å². The minimum Gasteiger partial charge on any atom is -0.475 e. The van der Waals surface area contributed by atoms with Gasteiger partial charge in [0.1, 0.15) is 11.3 Å². The first kappa shape index (κ1) is 25.5. The van der Waals surface area contributed by atoms with Gasteiger partial charge in [-0.1, -0.05) is 6.07 Å². The summed E-state index contributed by atoms with van der Waals surface area (Å²) in [6.07, 6.45) is -2.73. The van der Waals surface area contributed by atoms with Crippen LogP contribution in [0.15, 0.2) is 36.7 Å². The Morgan fingerprint density at radius 2 is 1.86 bits per heavy atom. The number of ether oxygens (including phenoxy) is 1. The number of alkyl halides is 5. The maximum absolute atomic E-state index is 13.7. The van der Waals surface area contributed by atoms with Gasteiger partial charge in [0.2, 0.25) is 0 Å². The van der Waals surface area contributed by atoms with Gasteiger partial charge in [0, 0.05) is 29.1 Å². The van der Waals surface area contributed by atoms with Crippen LogP contribution in [0.2, 0.25) is 0 Å². The monoisotopic (exact) mass is 512 g/mol. The number of aromatic nitrogens is 3. The molecular weight excluding hydrogens is 491 g/mol. The van der Waals surface area contributed by atoms with Crippen LogP contribution in [0.3, 0.4) is 0 Å². The van der Waals surface area contributed by atoms with E-state index < -0.39 is 24.5 Å². The number of hydrogen-bond donors (Lipinski definition) is 2. The topological polar surface area (TPSA) is 106 Å². The average molecular weight is 512 g/mol. The van der Waals surface area contributed by atoms with Crippen LogP contribution < -0.4 is 5.32 Å². The second kappa shape index (κ2) is 8.80. The Kier molecular flexibility index (Phi) is 6.23. The highest BCUT2D eigenvalue weighted by Gasteiger charge is 2.61. The van der Waals surface area contributed by atoms with Crippen molar-refractivity contribution in [2.75, 3.05) is 11.9 Å². The van der Waals surface area contributed by atoms with Crippen LogP contribution in [-0.2, 0) is 14.9 Å². The number of nitrogens with one attached hydrogen (secondary N) is 1. The molecule has 3 fully saturated rings. The number of amides is 1. The maximum Gasteiger partial charge on any atom is 0.490 e. The van der Waals surface area contributed by atoms with Gasteiger partial charge in [-0.3, -0.25) is 4.79 Å². The van der Waals surface area contributed by atoms with Gasteiger partial charge in [-0.05, 0) is 44.9 Å². The number of hydrogen-bond acceptors (Lipinski definition) is 5. The molecule has 1 aliphatic carbocycles. The molecule has 8 nitrogen and oxygen atoms in total. The maximum atomic E-state index is 13.7. The van der Waals surface area contributed by atoms with Crippen LogP contribution in [-0.4, -0.2) is 49.7 Å².